The average molecular weight is 380 g/mol. The zero-order valence-electron chi connectivity index (χ0n) is 10.9. The number of halogens is 3. The van der Waals surface area contributed by atoms with Crippen molar-refractivity contribution in [2.45, 2.75) is 10.6 Å². The standard InChI is InChI=1S/C14H9Cl3O4S/c15-9-2-1-8(13(6-9)14(18)19)7-22(20,21)12-4-10(16)3-11(17)5-12/h1-6H,7H2,(H,18,19). The molecule has 0 atom stereocenters. The van der Waals surface area contributed by atoms with Crippen LogP contribution in [0.15, 0.2) is 41.3 Å². The van der Waals surface area contributed by atoms with E-state index in [9.17, 15) is 13.2 Å². The van der Waals surface area contributed by atoms with Crippen molar-refractivity contribution < 1.29 is 18.3 Å². The first-order chi connectivity index (χ1) is 10.2. The second kappa shape index (κ2) is 6.46. The summed E-state index contributed by atoms with van der Waals surface area (Å²) < 4.78 is 24.8. The SMILES string of the molecule is O=C(O)c1cc(Cl)ccc1CS(=O)(=O)c1cc(Cl)cc(Cl)c1. The Bertz CT molecular complexity index is 827. The third-order valence-corrected chi connectivity index (χ3v) is 5.16. The van der Waals surface area contributed by atoms with Gasteiger partial charge in [0.05, 0.1) is 16.2 Å². The Kier molecular flexibility index (Phi) is 5.02. The summed E-state index contributed by atoms with van der Waals surface area (Å²) in [5, 5.41) is 9.72. The number of aromatic carboxylic acids is 1. The van der Waals surface area contributed by atoms with Crippen LogP contribution in [0.4, 0.5) is 0 Å². The first-order valence-electron chi connectivity index (χ1n) is 5.89. The monoisotopic (exact) mass is 378 g/mol. The van der Waals surface area contributed by atoms with Crippen LogP contribution in [0.3, 0.4) is 0 Å². The van der Waals surface area contributed by atoms with Gasteiger partial charge in [0.2, 0.25) is 0 Å². The highest BCUT2D eigenvalue weighted by molar-refractivity contribution is 7.90. The van der Waals surface area contributed by atoms with Crippen molar-refractivity contribution in [2.75, 3.05) is 0 Å². The highest BCUT2D eigenvalue weighted by atomic mass is 35.5. The highest BCUT2D eigenvalue weighted by Crippen LogP contribution is 2.26. The van der Waals surface area contributed by atoms with Gasteiger partial charge in [-0.25, -0.2) is 13.2 Å². The highest BCUT2D eigenvalue weighted by Gasteiger charge is 2.21. The van der Waals surface area contributed by atoms with Crippen LogP contribution in [0.2, 0.25) is 15.1 Å². The maximum atomic E-state index is 12.4. The first-order valence-corrected chi connectivity index (χ1v) is 8.68. The summed E-state index contributed by atoms with van der Waals surface area (Å²) in [4.78, 5) is 11.1. The number of carboxylic acid groups (broad SMARTS) is 1. The first kappa shape index (κ1) is 17.1. The molecule has 4 nitrogen and oxygen atoms in total. The smallest absolute Gasteiger partial charge is 0.336 e. The van der Waals surface area contributed by atoms with Gasteiger partial charge in [-0.15, -0.1) is 0 Å². The number of hydrogen-bond acceptors (Lipinski definition) is 3. The van der Waals surface area contributed by atoms with Crippen molar-refractivity contribution in [3.8, 4) is 0 Å². The van der Waals surface area contributed by atoms with Crippen LogP contribution in [0.25, 0.3) is 0 Å². The summed E-state index contributed by atoms with van der Waals surface area (Å²) in [6, 6.07) is 7.95. The summed E-state index contributed by atoms with van der Waals surface area (Å²) in [5.74, 6) is -1.75. The third kappa shape index (κ3) is 3.93. The van der Waals surface area contributed by atoms with E-state index in [2.05, 4.69) is 0 Å². The van der Waals surface area contributed by atoms with E-state index in [1.807, 2.05) is 0 Å². The van der Waals surface area contributed by atoms with Crippen LogP contribution in [0.5, 0.6) is 0 Å². The van der Waals surface area contributed by atoms with E-state index in [1.165, 1.54) is 36.4 Å². The van der Waals surface area contributed by atoms with Gasteiger partial charge in [0.15, 0.2) is 9.84 Å². The molecule has 2 aromatic rings. The normalized spacial score (nSPS) is 11.4. The van der Waals surface area contributed by atoms with Gasteiger partial charge in [-0.1, -0.05) is 40.9 Å². The quantitative estimate of drug-likeness (QED) is 0.859. The Balaban J connectivity index is 2.47. The lowest BCUT2D eigenvalue weighted by molar-refractivity contribution is 0.0696. The molecule has 116 valence electrons. The van der Waals surface area contributed by atoms with Gasteiger partial charge in [-0.2, -0.15) is 0 Å². The lowest BCUT2D eigenvalue weighted by atomic mass is 10.1. The molecular formula is C14H9Cl3O4S. The molecule has 1 N–H and O–H groups in total. The molecule has 0 spiro atoms. The molecule has 0 aliphatic rings. The molecule has 2 aromatic carbocycles. The van der Waals surface area contributed by atoms with Crippen molar-refractivity contribution in [3.05, 3.63) is 62.6 Å². The molecule has 0 saturated carbocycles. The zero-order chi connectivity index (χ0) is 16.5. The Morgan fingerprint density at radius 2 is 1.55 bits per heavy atom. The van der Waals surface area contributed by atoms with Crippen LogP contribution in [-0.2, 0) is 15.6 Å². The van der Waals surface area contributed by atoms with Crippen molar-refractivity contribution in [1.29, 1.82) is 0 Å². The summed E-state index contributed by atoms with van der Waals surface area (Å²) >= 11 is 17.3. The van der Waals surface area contributed by atoms with E-state index >= 15 is 0 Å². The van der Waals surface area contributed by atoms with Gasteiger partial charge >= 0.3 is 5.97 Å². The minimum atomic E-state index is -3.80. The fourth-order valence-corrected chi connectivity index (χ4v) is 4.14. The third-order valence-electron chi connectivity index (χ3n) is 2.84. The molecule has 0 aliphatic heterocycles. The van der Waals surface area contributed by atoms with E-state index in [-0.39, 0.29) is 31.1 Å². The summed E-state index contributed by atoms with van der Waals surface area (Å²) in [5.41, 5.74) is -0.0304. The van der Waals surface area contributed by atoms with Crippen molar-refractivity contribution in [1.82, 2.24) is 0 Å². The van der Waals surface area contributed by atoms with Crippen molar-refractivity contribution in [3.63, 3.8) is 0 Å². The molecular weight excluding hydrogens is 371 g/mol. The van der Waals surface area contributed by atoms with Crippen LogP contribution in [0.1, 0.15) is 15.9 Å². The summed E-state index contributed by atoms with van der Waals surface area (Å²) in [6.07, 6.45) is 0. The molecule has 0 aliphatic carbocycles. The molecule has 0 radical (unpaired) electrons. The molecule has 2 rings (SSSR count). The predicted molar refractivity (Wildman–Crippen MR) is 85.8 cm³/mol. The molecule has 8 heteroatoms. The molecule has 0 saturated heterocycles. The Morgan fingerprint density at radius 1 is 0.955 bits per heavy atom. The van der Waals surface area contributed by atoms with Crippen LogP contribution in [-0.4, -0.2) is 19.5 Å². The van der Waals surface area contributed by atoms with E-state index in [1.54, 1.807) is 0 Å². The number of carbonyl (C=O) groups is 1. The molecule has 0 unspecified atom stereocenters. The van der Waals surface area contributed by atoms with E-state index in [0.717, 1.165) is 0 Å². The van der Waals surface area contributed by atoms with Crippen LogP contribution in [0, 0.1) is 0 Å². The minimum Gasteiger partial charge on any atom is -0.478 e. The molecule has 0 fully saturated rings. The van der Waals surface area contributed by atoms with Gasteiger partial charge < -0.3 is 5.11 Å². The average Bonchev–Trinajstić information content (AvgIpc) is 2.39. The van der Waals surface area contributed by atoms with Crippen LogP contribution < -0.4 is 0 Å². The minimum absolute atomic E-state index is 0.0729. The molecule has 0 bridgehead atoms. The van der Waals surface area contributed by atoms with Gasteiger partial charge in [0.1, 0.15) is 0 Å². The fourth-order valence-electron chi connectivity index (χ4n) is 1.87. The Labute approximate surface area is 142 Å². The van der Waals surface area contributed by atoms with Crippen LogP contribution >= 0.6 is 34.8 Å². The second-order valence-corrected chi connectivity index (χ2v) is 7.77. The second-order valence-electron chi connectivity index (χ2n) is 4.47. The van der Waals surface area contributed by atoms with Crippen molar-refractivity contribution >= 4 is 50.6 Å². The maximum absolute atomic E-state index is 12.4. The Morgan fingerprint density at radius 3 is 2.09 bits per heavy atom. The van der Waals surface area contributed by atoms with E-state index in [4.69, 9.17) is 39.9 Å². The van der Waals surface area contributed by atoms with E-state index < -0.39 is 21.6 Å². The molecule has 0 amide bonds. The van der Waals surface area contributed by atoms with Gasteiger partial charge in [-0.05, 0) is 35.9 Å². The fraction of sp³-hybridized carbons (Fsp3) is 0.0714. The van der Waals surface area contributed by atoms with E-state index in [0.29, 0.717) is 0 Å². The number of sulfone groups is 1. The molecule has 0 heterocycles. The topological polar surface area (TPSA) is 71.4 Å². The number of rotatable bonds is 4. The number of benzene rings is 2. The largest absolute Gasteiger partial charge is 0.478 e. The van der Waals surface area contributed by atoms with Crippen molar-refractivity contribution in [2.24, 2.45) is 0 Å². The van der Waals surface area contributed by atoms with Gasteiger partial charge in [-0.3, -0.25) is 0 Å². The van der Waals surface area contributed by atoms with Gasteiger partial charge in [0, 0.05) is 15.1 Å². The number of carboxylic acids is 1. The number of hydrogen-bond donors (Lipinski definition) is 1. The van der Waals surface area contributed by atoms with Gasteiger partial charge in [0.25, 0.3) is 0 Å². The lowest BCUT2D eigenvalue weighted by Gasteiger charge is -2.09. The zero-order valence-corrected chi connectivity index (χ0v) is 14.0. The summed E-state index contributed by atoms with van der Waals surface area (Å²) in [7, 11) is -3.80. The predicted octanol–water partition coefficient (Wildman–Crippen LogP) is 4.32. The molecule has 0 aromatic heterocycles. The molecule has 22 heavy (non-hydrogen) atoms. The summed E-state index contributed by atoms with van der Waals surface area (Å²) in [6.45, 7) is 0. The lowest BCUT2D eigenvalue weighted by Crippen LogP contribution is -2.10. The Hall–Kier alpha value is -1.27. The maximum Gasteiger partial charge on any atom is 0.336 e.